The Balaban J connectivity index is 1.79. The number of carbonyl (C=O) groups is 1. The summed E-state index contributed by atoms with van der Waals surface area (Å²) in [5.41, 5.74) is 1.52. The van der Waals surface area contributed by atoms with Crippen molar-refractivity contribution in [3.8, 4) is 11.4 Å². The lowest BCUT2D eigenvalue weighted by Crippen LogP contribution is -2.27. The van der Waals surface area contributed by atoms with E-state index in [1.165, 1.54) is 28.9 Å². The Kier molecular flexibility index (Phi) is 6.28. The first-order valence-electron chi connectivity index (χ1n) is 11.3. The van der Waals surface area contributed by atoms with Gasteiger partial charge in [-0.1, -0.05) is 45.0 Å². The summed E-state index contributed by atoms with van der Waals surface area (Å²) in [4.78, 5) is 37.0. The molecule has 0 saturated heterocycles. The van der Waals surface area contributed by atoms with Gasteiger partial charge in [0.05, 0.1) is 16.3 Å². The maximum atomic E-state index is 13.3. The number of anilines is 1. The summed E-state index contributed by atoms with van der Waals surface area (Å²) < 4.78 is 2.84. The second kappa shape index (κ2) is 9.21. The molecule has 0 fully saturated rings. The highest BCUT2D eigenvalue weighted by Gasteiger charge is 2.24. The van der Waals surface area contributed by atoms with Gasteiger partial charge < -0.3 is 5.32 Å². The van der Waals surface area contributed by atoms with Gasteiger partial charge in [0.1, 0.15) is 11.5 Å². The van der Waals surface area contributed by atoms with E-state index in [2.05, 4.69) is 10.4 Å². The maximum Gasteiger partial charge on any atom is 0.294 e. The van der Waals surface area contributed by atoms with Crippen LogP contribution in [0.1, 0.15) is 48.2 Å². The molecule has 4 rings (SSSR count). The lowest BCUT2D eigenvalue weighted by Gasteiger charge is -2.14. The number of aromatic nitrogens is 4. The summed E-state index contributed by atoms with van der Waals surface area (Å²) in [5, 5.41) is 23.2. The molecule has 0 atom stereocenters. The van der Waals surface area contributed by atoms with Crippen molar-refractivity contribution in [1.29, 1.82) is 0 Å². The summed E-state index contributed by atoms with van der Waals surface area (Å²) in [7, 11) is 0. The highest BCUT2D eigenvalue weighted by molar-refractivity contribution is 6.02. The van der Waals surface area contributed by atoms with Crippen molar-refractivity contribution in [3.63, 3.8) is 0 Å². The van der Waals surface area contributed by atoms with Gasteiger partial charge in [0.25, 0.3) is 11.6 Å². The summed E-state index contributed by atoms with van der Waals surface area (Å²) in [6.07, 6.45) is 0. The average molecular weight is 487 g/mol. The molecule has 36 heavy (non-hydrogen) atoms. The van der Waals surface area contributed by atoms with Gasteiger partial charge in [0, 0.05) is 29.3 Å². The van der Waals surface area contributed by atoms with Crippen molar-refractivity contribution in [1.82, 2.24) is 19.6 Å². The molecule has 184 valence electrons. The molecule has 4 aromatic rings. The predicted molar refractivity (Wildman–Crippen MR) is 136 cm³/mol. The normalized spacial score (nSPS) is 11.4. The number of amides is 1. The molecule has 2 heterocycles. The van der Waals surface area contributed by atoms with Gasteiger partial charge >= 0.3 is 0 Å². The van der Waals surface area contributed by atoms with Crippen LogP contribution in [0.25, 0.3) is 11.4 Å². The zero-order valence-electron chi connectivity index (χ0n) is 20.6. The Morgan fingerprint density at radius 1 is 0.972 bits per heavy atom. The van der Waals surface area contributed by atoms with Gasteiger partial charge in [0.2, 0.25) is 5.43 Å². The number of carbonyl (C=O) groups excluding carboxylic acids is 1. The third kappa shape index (κ3) is 4.78. The van der Waals surface area contributed by atoms with Crippen LogP contribution in [0.15, 0.2) is 65.5 Å². The molecule has 0 saturated carbocycles. The van der Waals surface area contributed by atoms with Crippen molar-refractivity contribution in [2.75, 3.05) is 5.32 Å². The molecule has 1 amide bonds. The van der Waals surface area contributed by atoms with Gasteiger partial charge in [-0.2, -0.15) is 10.2 Å². The van der Waals surface area contributed by atoms with E-state index in [4.69, 9.17) is 5.10 Å². The van der Waals surface area contributed by atoms with E-state index in [1.807, 2.05) is 52.0 Å². The minimum Gasteiger partial charge on any atom is -0.305 e. The molecule has 2 aromatic carbocycles. The van der Waals surface area contributed by atoms with E-state index in [0.717, 1.165) is 16.9 Å². The zero-order chi connectivity index (χ0) is 26.2. The largest absolute Gasteiger partial charge is 0.305 e. The van der Waals surface area contributed by atoms with E-state index >= 15 is 0 Å². The van der Waals surface area contributed by atoms with E-state index in [0.29, 0.717) is 11.5 Å². The van der Waals surface area contributed by atoms with Crippen molar-refractivity contribution >= 4 is 17.4 Å². The van der Waals surface area contributed by atoms with Gasteiger partial charge in [-0.15, -0.1) is 0 Å². The quantitative estimate of drug-likeness (QED) is 0.327. The van der Waals surface area contributed by atoms with Crippen LogP contribution in [-0.4, -0.2) is 30.4 Å². The lowest BCUT2D eigenvalue weighted by atomic mass is 9.92. The van der Waals surface area contributed by atoms with E-state index in [1.54, 1.807) is 23.7 Å². The lowest BCUT2D eigenvalue weighted by molar-refractivity contribution is -0.384. The summed E-state index contributed by atoms with van der Waals surface area (Å²) in [5.74, 6) is -0.379. The average Bonchev–Trinajstić information content (AvgIpc) is 3.23. The van der Waals surface area contributed by atoms with E-state index < -0.39 is 22.0 Å². The molecule has 1 N–H and O–H groups in total. The fourth-order valence-corrected chi connectivity index (χ4v) is 3.71. The Labute approximate surface area is 207 Å². The molecular weight excluding hydrogens is 460 g/mol. The summed E-state index contributed by atoms with van der Waals surface area (Å²) >= 11 is 0. The molecule has 0 aliphatic rings. The van der Waals surface area contributed by atoms with Crippen molar-refractivity contribution in [2.24, 2.45) is 0 Å². The molecular formula is C26H26N6O4. The highest BCUT2D eigenvalue weighted by Crippen LogP contribution is 2.27. The second-order valence-electron chi connectivity index (χ2n) is 9.53. The minimum absolute atomic E-state index is 0.147. The number of nitrogens with one attached hydrogen (secondary N) is 1. The number of nitro benzene ring substituents is 1. The van der Waals surface area contributed by atoms with Gasteiger partial charge in [-0.3, -0.25) is 19.7 Å². The van der Waals surface area contributed by atoms with Crippen LogP contribution in [0.4, 0.5) is 11.5 Å². The van der Waals surface area contributed by atoms with Crippen LogP contribution in [0.2, 0.25) is 0 Å². The summed E-state index contributed by atoms with van der Waals surface area (Å²) in [6.45, 7) is 9.57. The number of hydrogen-bond acceptors (Lipinski definition) is 6. The number of para-hydroxylation sites is 2. The number of benzene rings is 2. The Morgan fingerprint density at radius 3 is 2.36 bits per heavy atom. The molecule has 10 heteroatoms. The first-order valence-corrected chi connectivity index (χ1v) is 11.3. The van der Waals surface area contributed by atoms with Crippen LogP contribution in [0.5, 0.6) is 0 Å². The number of rotatable bonds is 5. The first kappa shape index (κ1) is 24.5. The third-order valence-electron chi connectivity index (χ3n) is 5.59. The SMILES string of the molecule is Cc1cccc(-n2nc(C(C)(C)C)cc2NC(=O)c2nn(-c3ccccc3[N+](=O)[O-])c(C)cc2=O)c1. The van der Waals surface area contributed by atoms with E-state index in [9.17, 15) is 19.7 Å². The molecule has 0 unspecified atom stereocenters. The van der Waals surface area contributed by atoms with Gasteiger partial charge in [-0.05, 0) is 37.6 Å². The van der Waals surface area contributed by atoms with Crippen LogP contribution in [0, 0.1) is 24.0 Å². The number of hydrogen-bond donors (Lipinski definition) is 1. The molecule has 0 aliphatic heterocycles. The number of aryl methyl sites for hydroxylation is 2. The summed E-state index contributed by atoms with van der Waals surface area (Å²) in [6, 6.07) is 16.6. The fourth-order valence-electron chi connectivity index (χ4n) is 3.71. The van der Waals surface area contributed by atoms with E-state index in [-0.39, 0.29) is 16.8 Å². The Bertz CT molecular complexity index is 1540. The standard InChI is InChI=1S/C26H26N6O4/c1-16-9-8-10-18(13-16)31-23(15-22(28-31)26(3,4)5)27-25(34)24-21(33)14-17(2)30(29-24)19-11-6-7-12-20(19)32(35)36/h6-15H,1-5H3,(H,27,34). The van der Waals surface area contributed by atoms with Crippen LogP contribution in [0.3, 0.4) is 0 Å². The number of nitrogens with zero attached hydrogens (tertiary/aromatic N) is 5. The predicted octanol–water partition coefficient (Wildman–Crippen LogP) is 4.49. The smallest absolute Gasteiger partial charge is 0.294 e. The van der Waals surface area contributed by atoms with Crippen molar-refractivity contribution in [2.45, 2.75) is 40.0 Å². The minimum atomic E-state index is -0.749. The Morgan fingerprint density at radius 2 is 1.69 bits per heavy atom. The highest BCUT2D eigenvalue weighted by atomic mass is 16.6. The first-order chi connectivity index (χ1) is 17.0. The van der Waals surface area contributed by atoms with Crippen molar-refractivity contribution in [3.05, 3.63) is 104 Å². The van der Waals surface area contributed by atoms with Crippen LogP contribution >= 0.6 is 0 Å². The fraction of sp³-hybridized carbons (Fsp3) is 0.231. The zero-order valence-corrected chi connectivity index (χ0v) is 20.6. The van der Waals surface area contributed by atoms with Crippen LogP contribution in [-0.2, 0) is 5.41 Å². The topological polar surface area (TPSA) is 125 Å². The van der Waals surface area contributed by atoms with Crippen LogP contribution < -0.4 is 10.7 Å². The molecule has 0 aliphatic carbocycles. The molecule has 0 radical (unpaired) electrons. The number of nitro groups is 1. The second-order valence-corrected chi connectivity index (χ2v) is 9.53. The Hall–Kier alpha value is -4.60. The molecule has 0 spiro atoms. The van der Waals surface area contributed by atoms with Gasteiger partial charge in [0.15, 0.2) is 5.69 Å². The monoisotopic (exact) mass is 486 g/mol. The maximum absolute atomic E-state index is 13.3. The third-order valence-corrected chi connectivity index (χ3v) is 5.59. The molecule has 2 aromatic heterocycles. The molecule has 10 nitrogen and oxygen atoms in total. The van der Waals surface area contributed by atoms with Crippen molar-refractivity contribution < 1.29 is 9.72 Å². The van der Waals surface area contributed by atoms with Gasteiger partial charge in [-0.25, -0.2) is 9.36 Å². The molecule has 0 bridgehead atoms.